The molecule has 1 heterocycles. The van der Waals surface area contributed by atoms with Gasteiger partial charge in [-0.1, -0.05) is 12.1 Å². The van der Waals surface area contributed by atoms with E-state index < -0.39 is 29.6 Å². The summed E-state index contributed by atoms with van der Waals surface area (Å²) < 4.78 is 4.63. The molecule has 1 aliphatic heterocycles. The lowest BCUT2D eigenvalue weighted by atomic mass is 10.0. The number of nitrogens with one attached hydrogen (secondary N) is 3. The summed E-state index contributed by atoms with van der Waals surface area (Å²) >= 11 is 0. The number of hydrazine groups is 1. The van der Waals surface area contributed by atoms with Crippen LogP contribution in [0.5, 0.6) is 0 Å². The van der Waals surface area contributed by atoms with E-state index in [1.165, 1.54) is 13.2 Å². The van der Waals surface area contributed by atoms with Crippen LogP contribution in [0.4, 0.5) is 5.69 Å². The van der Waals surface area contributed by atoms with Crippen molar-refractivity contribution < 1.29 is 23.9 Å². The Morgan fingerprint density at radius 2 is 1.82 bits per heavy atom. The zero-order valence-corrected chi connectivity index (χ0v) is 11.8. The average Bonchev–Trinajstić information content (AvgIpc) is 2.83. The molecule has 3 N–H and O–H groups in total. The van der Waals surface area contributed by atoms with Crippen molar-refractivity contribution in [1.82, 2.24) is 10.9 Å². The van der Waals surface area contributed by atoms with Crippen LogP contribution in [0.25, 0.3) is 0 Å². The molecule has 0 saturated carbocycles. The van der Waals surface area contributed by atoms with Gasteiger partial charge >= 0.3 is 5.97 Å². The first kappa shape index (κ1) is 15.5. The van der Waals surface area contributed by atoms with Crippen LogP contribution in [0.2, 0.25) is 0 Å². The number of esters is 1. The fourth-order valence-corrected chi connectivity index (χ4v) is 2.05. The number of rotatable bonds is 5. The second kappa shape index (κ2) is 6.70. The molecule has 8 nitrogen and oxygen atoms in total. The Labute approximate surface area is 126 Å². The molecule has 1 aromatic carbocycles. The Morgan fingerprint density at radius 1 is 1.18 bits per heavy atom. The lowest BCUT2D eigenvalue weighted by molar-refractivity contribution is -0.128. The number of benzene rings is 1. The van der Waals surface area contributed by atoms with Gasteiger partial charge in [0.15, 0.2) is 0 Å². The van der Waals surface area contributed by atoms with Gasteiger partial charge in [0.2, 0.25) is 5.91 Å². The number of carbonyl (C=O) groups excluding carboxylic acids is 4. The number of hydrogen-bond acceptors (Lipinski definition) is 5. The van der Waals surface area contributed by atoms with Gasteiger partial charge < -0.3 is 10.1 Å². The summed E-state index contributed by atoms with van der Waals surface area (Å²) in [6.45, 7) is 0. The van der Waals surface area contributed by atoms with Crippen molar-refractivity contribution >= 4 is 29.4 Å². The highest BCUT2D eigenvalue weighted by atomic mass is 16.5. The van der Waals surface area contributed by atoms with E-state index in [4.69, 9.17) is 0 Å². The molecule has 116 valence electrons. The van der Waals surface area contributed by atoms with E-state index in [1.54, 1.807) is 18.2 Å². The van der Waals surface area contributed by atoms with Gasteiger partial charge in [-0.15, -0.1) is 0 Å². The first-order chi connectivity index (χ1) is 10.5. The Morgan fingerprint density at radius 3 is 2.45 bits per heavy atom. The van der Waals surface area contributed by atoms with Gasteiger partial charge in [0.05, 0.1) is 18.4 Å². The van der Waals surface area contributed by atoms with Crippen molar-refractivity contribution in [2.24, 2.45) is 5.92 Å². The molecule has 1 fully saturated rings. The Hall–Kier alpha value is -2.90. The van der Waals surface area contributed by atoms with Crippen molar-refractivity contribution in [2.75, 3.05) is 12.4 Å². The van der Waals surface area contributed by atoms with E-state index in [0.29, 0.717) is 5.69 Å². The molecular formula is C14H15N3O5. The minimum atomic E-state index is -0.874. The molecule has 0 atom stereocenters. The molecule has 3 amide bonds. The van der Waals surface area contributed by atoms with E-state index in [1.807, 2.05) is 0 Å². The standard InChI is InChI=1S/C14H15N3O5/c1-22-14(21)8-4-2-3-5-10(8)15-11(18)7-6-9-12(19)16-17-13(9)20/h2-5,9H,6-7H2,1H3,(H,15,18)(H,16,19)(H,17,20). The number of amides is 3. The van der Waals surface area contributed by atoms with Crippen molar-refractivity contribution in [1.29, 1.82) is 0 Å². The molecule has 1 saturated heterocycles. The molecule has 2 rings (SSSR count). The van der Waals surface area contributed by atoms with Crippen molar-refractivity contribution in [3.8, 4) is 0 Å². The molecule has 1 aliphatic rings. The van der Waals surface area contributed by atoms with Gasteiger partial charge in [-0.2, -0.15) is 0 Å². The summed E-state index contributed by atoms with van der Waals surface area (Å²) in [5.41, 5.74) is 4.94. The first-order valence-corrected chi connectivity index (χ1v) is 6.60. The fourth-order valence-electron chi connectivity index (χ4n) is 2.05. The molecule has 0 unspecified atom stereocenters. The minimum absolute atomic E-state index is 0.0268. The maximum Gasteiger partial charge on any atom is 0.339 e. The Bertz CT molecular complexity index is 613. The van der Waals surface area contributed by atoms with E-state index >= 15 is 0 Å². The number of anilines is 1. The van der Waals surface area contributed by atoms with Gasteiger partial charge in [-0.3, -0.25) is 25.2 Å². The normalized spacial score (nSPS) is 14.2. The van der Waals surface area contributed by atoms with Crippen LogP contribution in [0.1, 0.15) is 23.2 Å². The quantitative estimate of drug-likeness (QED) is 0.522. The molecule has 0 aromatic heterocycles. The second-order valence-corrected chi connectivity index (χ2v) is 4.66. The SMILES string of the molecule is COC(=O)c1ccccc1NC(=O)CCC1C(=O)NNC1=O. The van der Waals surface area contributed by atoms with Crippen LogP contribution in [0.3, 0.4) is 0 Å². The molecule has 1 aromatic rings. The molecule has 0 aliphatic carbocycles. The summed E-state index contributed by atoms with van der Waals surface area (Å²) in [4.78, 5) is 46.2. The highest BCUT2D eigenvalue weighted by Gasteiger charge is 2.32. The molecule has 0 bridgehead atoms. The zero-order chi connectivity index (χ0) is 16.1. The van der Waals surface area contributed by atoms with Crippen LogP contribution in [-0.4, -0.2) is 30.8 Å². The summed E-state index contributed by atoms with van der Waals surface area (Å²) in [7, 11) is 1.25. The number of carbonyl (C=O) groups is 4. The van der Waals surface area contributed by atoms with Gasteiger partial charge in [0, 0.05) is 6.42 Å². The minimum Gasteiger partial charge on any atom is -0.465 e. The summed E-state index contributed by atoms with van der Waals surface area (Å²) in [5, 5.41) is 2.58. The third kappa shape index (κ3) is 3.40. The van der Waals surface area contributed by atoms with E-state index in [0.717, 1.165) is 0 Å². The lowest BCUT2D eigenvalue weighted by Crippen LogP contribution is -2.28. The maximum absolute atomic E-state index is 11.9. The molecule has 0 spiro atoms. The van der Waals surface area contributed by atoms with E-state index in [9.17, 15) is 19.2 Å². The van der Waals surface area contributed by atoms with Gasteiger partial charge in [-0.25, -0.2) is 4.79 Å². The molecular weight excluding hydrogens is 290 g/mol. The maximum atomic E-state index is 11.9. The average molecular weight is 305 g/mol. The lowest BCUT2D eigenvalue weighted by Gasteiger charge is -2.10. The van der Waals surface area contributed by atoms with Crippen LogP contribution in [0, 0.1) is 5.92 Å². The van der Waals surface area contributed by atoms with Crippen molar-refractivity contribution in [3.63, 3.8) is 0 Å². The summed E-state index contributed by atoms with van der Waals surface area (Å²) in [6, 6.07) is 6.41. The Kier molecular flexibility index (Phi) is 4.72. The number of para-hydroxylation sites is 1. The third-order valence-corrected chi connectivity index (χ3v) is 3.21. The topological polar surface area (TPSA) is 114 Å². The fraction of sp³-hybridized carbons (Fsp3) is 0.286. The highest BCUT2D eigenvalue weighted by Crippen LogP contribution is 2.17. The number of ether oxygens (including phenoxy) is 1. The van der Waals surface area contributed by atoms with Crippen LogP contribution in [0.15, 0.2) is 24.3 Å². The number of hydrogen-bond donors (Lipinski definition) is 3. The molecule has 8 heteroatoms. The van der Waals surface area contributed by atoms with Crippen LogP contribution < -0.4 is 16.2 Å². The predicted octanol–water partition coefficient (Wildman–Crippen LogP) is -0.0309. The van der Waals surface area contributed by atoms with Gasteiger partial charge in [0.1, 0.15) is 5.92 Å². The van der Waals surface area contributed by atoms with Crippen LogP contribution >= 0.6 is 0 Å². The smallest absolute Gasteiger partial charge is 0.339 e. The Balaban J connectivity index is 1.97. The largest absolute Gasteiger partial charge is 0.465 e. The van der Waals surface area contributed by atoms with E-state index in [-0.39, 0.29) is 18.4 Å². The zero-order valence-electron chi connectivity index (χ0n) is 11.8. The monoisotopic (exact) mass is 305 g/mol. The highest BCUT2D eigenvalue weighted by molar-refractivity contribution is 6.06. The molecule has 22 heavy (non-hydrogen) atoms. The first-order valence-electron chi connectivity index (χ1n) is 6.60. The molecule has 0 radical (unpaired) electrons. The van der Waals surface area contributed by atoms with Gasteiger partial charge in [0.25, 0.3) is 11.8 Å². The predicted molar refractivity (Wildman–Crippen MR) is 75.4 cm³/mol. The van der Waals surface area contributed by atoms with Crippen LogP contribution in [-0.2, 0) is 19.1 Å². The van der Waals surface area contributed by atoms with E-state index in [2.05, 4.69) is 20.9 Å². The summed E-state index contributed by atoms with van der Waals surface area (Å²) in [6.07, 6.45) is 0.0604. The van der Waals surface area contributed by atoms with Crippen molar-refractivity contribution in [2.45, 2.75) is 12.8 Å². The number of methoxy groups -OCH3 is 1. The summed E-state index contributed by atoms with van der Waals surface area (Å²) in [5.74, 6) is -2.74. The van der Waals surface area contributed by atoms with Gasteiger partial charge in [-0.05, 0) is 18.6 Å². The second-order valence-electron chi connectivity index (χ2n) is 4.66. The van der Waals surface area contributed by atoms with Crippen molar-refractivity contribution in [3.05, 3.63) is 29.8 Å². The third-order valence-electron chi connectivity index (χ3n) is 3.21.